The summed E-state index contributed by atoms with van der Waals surface area (Å²) in [6.07, 6.45) is 0. The predicted octanol–water partition coefficient (Wildman–Crippen LogP) is 3.33. The zero-order chi connectivity index (χ0) is 30.1. The van der Waals surface area contributed by atoms with Crippen LogP contribution < -0.4 is 21.3 Å². The van der Waals surface area contributed by atoms with E-state index in [0.29, 0.717) is 22.8 Å². The van der Waals surface area contributed by atoms with E-state index in [2.05, 4.69) is 69.6 Å². The van der Waals surface area contributed by atoms with Gasteiger partial charge < -0.3 is 42.1 Å². The minimum Gasteiger partial charge on any atom is -0.411 e. The van der Waals surface area contributed by atoms with Gasteiger partial charge in [-0.3, -0.25) is 0 Å². The molecule has 0 rings (SSSR count). The zero-order valence-corrected chi connectivity index (χ0v) is 30.2. The smallest absolute Gasteiger partial charge is 0.0706 e. The molecule has 14 heteroatoms. The van der Waals surface area contributed by atoms with Crippen molar-refractivity contribution in [2.75, 3.05) is 26.2 Å². The van der Waals surface area contributed by atoms with E-state index in [4.69, 9.17) is 20.8 Å². The Morgan fingerprint density at radius 3 is 0.750 bits per heavy atom. The van der Waals surface area contributed by atoms with Gasteiger partial charge in [0, 0.05) is 90.6 Å². The number of nitrogens with one attached hydrogen (secondary N) is 4. The molecular weight excluding hydrogens is 686 g/mol. The van der Waals surface area contributed by atoms with Crippen molar-refractivity contribution in [3.05, 3.63) is 0 Å². The zero-order valence-electron chi connectivity index (χ0n) is 26.5. The van der Waals surface area contributed by atoms with E-state index in [0.717, 1.165) is 26.2 Å². The van der Waals surface area contributed by atoms with Crippen LogP contribution >= 0.6 is 0 Å². The molecule has 0 aromatic carbocycles. The third kappa shape index (κ3) is 21.7. The summed E-state index contributed by atoms with van der Waals surface area (Å²) >= 11 is 0. The molecular formula is C26H56N8O4Tc2. The Morgan fingerprint density at radius 2 is 0.625 bits per heavy atom. The molecule has 0 heterocycles. The van der Waals surface area contributed by atoms with E-state index in [1.165, 1.54) is 0 Å². The van der Waals surface area contributed by atoms with Crippen LogP contribution in [0.3, 0.4) is 0 Å². The van der Waals surface area contributed by atoms with Crippen molar-refractivity contribution in [2.45, 2.75) is 107 Å². The molecule has 238 valence electrons. The molecule has 0 aromatic heterocycles. The standard InChI is InChI=1S/2C13H28N4O2.2Tc/c2*1-9(11(3)16-18)14-7-13(5,6)8-15-10(2)12(4)17-19;;/h2*9-10,14-15,18-19H,7-8H2,1-6H3;;/b2*16-11-,17-12-;;/t2*9-,10-;;/m10../s1/i;;2*1+1. The second-order valence-corrected chi connectivity index (χ2v) is 11.7. The van der Waals surface area contributed by atoms with E-state index < -0.39 is 0 Å². The van der Waals surface area contributed by atoms with Crippen molar-refractivity contribution in [1.82, 2.24) is 21.3 Å². The second-order valence-electron chi connectivity index (χ2n) is 11.7. The average molecular weight is 743 g/mol. The van der Waals surface area contributed by atoms with Crippen LogP contribution in [0, 0.1) is 10.8 Å². The Bertz CT molecular complexity index is 669. The first kappa shape index (κ1) is 46.0. The fourth-order valence-electron chi connectivity index (χ4n) is 2.78. The Hall–Kier alpha value is -0.981. The minimum absolute atomic E-state index is 0. The van der Waals surface area contributed by atoms with Gasteiger partial charge in [0.1, 0.15) is 0 Å². The number of nitrogens with zero attached hydrogens (tertiary/aromatic N) is 4. The van der Waals surface area contributed by atoms with E-state index in [1.54, 1.807) is 27.7 Å². The Kier molecular flexibility index (Phi) is 27.1. The molecule has 0 fully saturated rings. The first-order chi connectivity index (χ1) is 17.5. The van der Waals surface area contributed by atoms with Gasteiger partial charge >= 0.3 is 0 Å². The van der Waals surface area contributed by atoms with E-state index >= 15 is 0 Å². The molecule has 0 bridgehead atoms. The molecule has 0 aliphatic carbocycles. The quantitative estimate of drug-likeness (QED) is 0.0675. The molecule has 12 nitrogen and oxygen atoms in total. The van der Waals surface area contributed by atoms with Crippen molar-refractivity contribution < 1.29 is 61.0 Å². The van der Waals surface area contributed by atoms with Gasteiger partial charge in [-0.15, -0.1) is 0 Å². The predicted molar refractivity (Wildman–Crippen MR) is 157 cm³/mol. The Balaban J connectivity index is -0.000000309. The van der Waals surface area contributed by atoms with Gasteiger partial charge in [0.25, 0.3) is 0 Å². The van der Waals surface area contributed by atoms with Gasteiger partial charge in [0.15, 0.2) is 0 Å². The molecule has 0 saturated carbocycles. The van der Waals surface area contributed by atoms with E-state index in [-0.39, 0.29) is 75.2 Å². The molecule has 0 unspecified atom stereocenters. The fourth-order valence-corrected chi connectivity index (χ4v) is 2.78. The van der Waals surface area contributed by atoms with Gasteiger partial charge in [-0.1, -0.05) is 48.3 Å². The summed E-state index contributed by atoms with van der Waals surface area (Å²) in [4.78, 5) is 0. The molecule has 4 atom stereocenters. The van der Waals surface area contributed by atoms with Gasteiger partial charge in [0.2, 0.25) is 0 Å². The second kappa shape index (κ2) is 23.6. The van der Waals surface area contributed by atoms with Crippen molar-refractivity contribution in [1.29, 1.82) is 0 Å². The summed E-state index contributed by atoms with van der Waals surface area (Å²) in [6, 6.07) is 0.176. The molecule has 0 saturated heterocycles. The van der Waals surface area contributed by atoms with Crippen LogP contribution in [0.15, 0.2) is 20.6 Å². The first-order valence-electron chi connectivity index (χ1n) is 13.1. The molecule has 0 aromatic rings. The van der Waals surface area contributed by atoms with Crippen molar-refractivity contribution in [3.63, 3.8) is 0 Å². The average Bonchev–Trinajstić information content (AvgIpc) is 2.90. The SMILES string of the molecule is C/C(=N/O)[C@@H](C)NCC(C)(C)CN[C@H](C)/C(C)=N\O.C/C(=N/O)[C@H](C)NCC(C)(C)CN[C@@H](C)/C(C)=N\O.[99Tc].[99Tc]. The van der Waals surface area contributed by atoms with Crippen molar-refractivity contribution in [2.24, 2.45) is 31.5 Å². The van der Waals surface area contributed by atoms with Gasteiger partial charge in [-0.05, 0) is 66.2 Å². The van der Waals surface area contributed by atoms with Crippen LogP contribution in [-0.4, -0.2) is 94.0 Å². The van der Waals surface area contributed by atoms with Gasteiger partial charge in [-0.25, -0.2) is 0 Å². The Labute approximate surface area is 269 Å². The molecule has 0 spiro atoms. The van der Waals surface area contributed by atoms with Gasteiger partial charge in [0.05, 0.1) is 22.8 Å². The third-order valence-electron chi connectivity index (χ3n) is 6.68. The molecule has 8 N–H and O–H groups in total. The van der Waals surface area contributed by atoms with Crippen molar-refractivity contribution in [3.8, 4) is 0 Å². The molecule has 0 amide bonds. The van der Waals surface area contributed by atoms with Crippen LogP contribution in [-0.2, 0) is 40.2 Å². The molecule has 40 heavy (non-hydrogen) atoms. The van der Waals surface area contributed by atoms with Crippen LogP contribution in [0.25, 0.3) is 0 Å². The van der Waals surface area contributed by atoms with Crippen LogP contribution in [0.2, 0.25) is 0 Å². The monoisotopic (exact) mass is 742 g/mol. The summed E-state index contributed by atoms with van der Waals surface area (Å²) < 4.78 is 0. The normalized spacial score (nSPS) is 16.5. The maximum atomic E-state index is 8.70. The fraction of sp³-hybridized carbons (Fsp3) is 0.846. The largest absolute Gasteiger partial charge is 0.411 e. The van der Waals surface area contributed by atoms with E-state index in [1.807, 2.05) is 27.7 Å². The summed E-state index contributed by atoms with van der Waals surface area (Å²) in [6.45, 7) is 26.7. The molecule has 2 radical (unpaired) electrons. The molecule has 0 aliphatic heterocycles. The maximum absolute atomic E-state index is 8.70. The first-order valence-corrected chi connectivity index (χ1v) is 13.1. The number of hydrogen-bond donors (Lipinski definition) is 8. The van der Waals surface area contributed by atoms with Crippen LogP contribution in [0.5, 0.6) is 0 Å². The number of hydrogen-bond acceptors (Lipinski definition) is 12. The topological polar surface area (TPSA) is 178 Å². The number of oxime groups is 4. The molecule has 0 aliphatic rings. The van der Waals surface area contributed by atoms with E-state index in [9.17, 15) is 0 Å². The van der Waals surface area contributed by atoms with Crippen LogP contribution in [0.1, 0.15) is 83.1 Å². The third-order valence-corrected chi connectivity index (χ3v) is 6.68. The maximum Gasteiger partial charge on any atom is 0.0706 e. The van der Waals surface area contributed by atoms with Crippen LogP contribution in [0.4, 0.5) is 0 Å². The summed E-state index contributed by atoms with van der Waals surface area (Å²) in [5, 5.41) is 60.9. The van der Waals surface area contributed by atoms with Crippen molar-refractivity contribution >= 4 is 22.8 Å². The van der Waals surface area contributed by atoms with Gasteiger partial charge in [-0.2, -0.15) is 0 Å². The minimum atomic E-state index is 0. The Morgan fingerprint density at radius 1 is 0.475 bits per heavy atom. The summed E-state index contributed by atoms with van der Waals surface area (Å²) in [7, 11) is 0. The summed E-state index contributed by atoms with van der Waals surface area (Å²) in [5.41, 5.74) is 2.74. The summed E-state index contributed by atoms with van der Waals surface area (Å²) in [5.74, 6) is 0. The number of rotatable bonds is 16.